The monoisotopic (exact) mass is 222 g/mol. The Bertz CT molecular complexity index is 283. The van der Waals surface area contributed by atoms with Crippen LogP contribution >= 0.6 is 0 Å². The topological polar surface area (TPSA) is 33.1 Å². The van der Waals surface area contributed by atoms with E-state index in [-0.39, 0.29) is 0 Å². The first-order valence-electron chi connectivity index (χ1n) is 6.25. The quantitative estimate of drug-likeness (QED) is 0.805. The molecule has 1 aliphatic rings. The van der Waals surface area contributed by atoms with E-state index in [0.717, 1.165) is 6.54 Å². The van der Waals surface area contributed by atoms with Crippen molar-refractivity contribution < 1.29 is 0 Å². The standard InChI is InChI=1S/C12H22N4/c1-13-12-5-2-7-15(11-12)8-4-10-16-9-3-6-14-16/h3,6,9,12-13H,2,4-5,7-8,10-11H2,1H3. The molecule has 1 aromatic heterocycles. The largest absolute Gasteiger partial charge is 0.316 e. The molecular weight excluding hydrogens is 200 g/mol. The lowest BCUT2D eigenvalue weighted by molar-refractivity contribution is 0.190. The Kier molecular flexibility index (Phi) is 4.36. The van der Waals surface area contributed by atoms with Gasteiger partial charge in [0.1, 0.15) is 0 Å². The Morgan fingerprint density at radius 2 is 2.38 bits per heavy atom. The van der Waals surface area contributed by atoms with E-state index in [4.69, 9.17) is 0 Å². The van der Waals surface area contributed by atoms with Gasteiger partial charge in [0.05, 0.1) is 0 Å². The molecule has 1 N–H and O–H groups in total. The predicted molar refractivity (Wildman–Crippen MR) is 65.4 cm³/mol. The maximum Gasteiger partial charge on any atom is 0.0489 e. The predicted octanol–water partition coefficient (Wildman–Crippen LogP) is 0.957. The average Bonchev–Trinajstić information content (AvgIpc) is 2.82. The van der Waals surface area contributed by atoms with Gasteiger partial charge in [0.25, 0.3) is 0 Å². The van der Waals surface area contributed by atoms with Crippen LogP contribution in [0.4, 0.5) is 0 Å². The molecule has 0 amide bonds. The SMILES string of the molecule is CNC1CCCN(CCCn2cccn2)C1. The van der Waals surface area contributed by atoms with Crippen molar-refractivity contribution >= 4 is 0 Å². The smallest absolute Gasteiger partial charge is 0.0489 e. The number of aryl methyl sites for hydroxylation is 1. The van der Waals surface area contributed by atoms with Crippen molar-refractivity contribution in [3.05, 3.63) is 18.5 Å². The van der Waals surface area contributed by atoms with Crippen molar-refractivity contribution in [2.24, 2.45) is 0 Å². The van der Waals surface area contributed by atoms with E-state index in [1.807, 2.05) is 23.1 Å². The number of likely N-dealkylation sites (tertiary alicyclic amines) is 1. The van der Waals surface area contributed by atoms with Crippen molar-refractivity contribution in [2.45, 2.75) is 31.8 Å². The van der Waals surface area contributed by atoms with Crippen LogP contribution < -0.4 is 5.32 Å². The third-order valence-electron chi connectivity index (χ3n) is 3.33. The number of hydrogen-bond acceptors (Lipinski definition) is 3. The second kappa shape index (κ2) is 6.01. The summed E-state index contributed by atoms with van der Waals surface area (Å²) in [7, 11) is 2.07. The summed E-state index contributed by atoms with van der Waals surface area (Å²) in [6.45, 7) is 4.69. The van der Waals surface area contributed by atoms with Crippen LogP contribution in [-0.2, 0) is 6.54 Å². The highest BCUT2D eigenvalue weighted by molar-refractivity contribution is 4.79. The number of rotatable bonds is 5. The molecule has 1 aromatic rings. The molecule has 1 aliphatic heterocycles. The second-order valence-electron chi connectivity index (χ2n) is 4.55. The number of aromatic nitrogens is 2. The second-order valence-corrected chi connectivity index (χ2v) is 4.55. The van der Waals surface area contributed by atoms with E-state index in [1.54, 1.807) is 0 Å². The molecular formula is C12H22N4. The molecule has 1 saturated heterocycles. The highest BCUT2D eigenvalue weighted by atomic mass is 15.3. The van der Waals surface area contributed by atoms with Crippen molar-refractivity contribution in [2.75, 3.05) is 26.7 Å². The fourth-order valence-corrected chi connectivity index (χ4v) is 2.38. The van der Waals surface area contributed by atoms with E-state index in [9.17, 15) is 0 Å². The molecule has 1 fully saturated rings. The molecule has 0 bridgehead atoms. The number of hydrogen-bond donors (Lipinski definition) is 1. The first kappa shape index (κ1) is 11.6. The van der Waals surface area contributed by atoms with Crippen LogP contribution in [0.1, 0.15) is 19.3 Å². The van der Waals surface area contributed by atoms with Gasteiger partial charge in [-0.15, -0.1) is 0 Å². The van der Waals surface area contributed by atoms with Gasteiger partial charge in [0, 0.05) is 31.5 Å². The van der Waals surface area contributed by atoms with Gasteiger partial charge in [-0.2, -0.15) is 5.10 Å². The number of nitrogens with one attached hydrogen (secondary N) is 1. The van der Waals surface area contributed by atoms with Crippen LogP contribution in [0.2, 0.25) is 0 Å². The first-order chi connectivity index (χ1) is 7.88. The van der Waals surface area contributed by atoms with E-state index < -0.39 is 0 Å². The van der Waals surface area contributed by atoms with Gasteiger partial charge in [0.15, 0.2) is 0 Å². The van der Waals surface area contributed by atoms with Crippen molar-refractivity contribution in [3.8, 4) is 0 Å². The van der Waals surface area contributed by atoms with Crippen molar-refractivity contribution in [3.63, 3.8) is 0 Å². The lowest BCUT2D eigenvalue weighted by Gasteiger charge is -2.32. The Balaban J connectivity index is 1.65. The minimum absolute atomic E-state index is 0.693. The third kappa shape index (κ3) is 3.32. The number of piperidine rings is 1. The summed E-state index contributed by atoms with van der Waals surface area (Å²) in [5.41, 5.74) is 0. The molecule has 0 aliphatic carbocycles. The summed E-state index contributed by atoms with van der Waals surface area (Å²) in [6, 6.07) is 2.68. The zero-order valence-electron chi connectivity index (χ0n) is 10.1. The summed E-state index contributed by atoms with van der Waals surface area (Å²) >= 11 is 0. The lowest BCUT2D eigenvalue weighted by Crippen LogP contribution is -2.44. The van der Waals surface area contributed by atoms with Gasteiger partial charge in [-0.05, 0) is 45.5 Å². The molecule has 1 atom stereocenters. The zero-order chi connectivity index (χ0) is 11.2. The Morgan fingerprint density at radius 3 is 3.12 bits per heavy atom. The van der Waals surface area contributed by atoms with E-state index >= 15 is 0 Å². The summed E-state index contributed by atoms with van der Waals surface area (Å²) in [5.74, 6) is 0. The molecule has 2 heterocycles. The molecule has 0 radical (unpaired) electrons. The van der Waals surface area contributed by atoms with Gasteiger partial charge < -0.3 is 10.2 Å². The summed E-state index contributed by atoms with van der Waals surface area (Å²) in [6.07, 6.45) is 7.72. The molecule has 16 heavy (non-hydrogen) atoms. The molecule has 0 saturated carbocycles. The van der Waals surface area contributed by atoms with Gasteiger partial charge in [-0.1, -0.05) is 0 Å². The normalized spacial score (nSPS) is 22.4. The Hall–Kier alpha value is -0.870. The number of likely N-dealkylation sites (N-methyl/N-ethyl adjacent to an activating group) is 1. The van der Waals surface area contributed by atoms with E-state index in [1.165, 1.54) is 38.9 Å². The summed E-state index contributed by atoms with van der Waals surface area (Å²) < 4.78 is 2.01. The van der Waals surface area contributed by atoms with Crippen LogP contribution in [0.5, 0.6) is 0 Å². The van der Waals surface area contributed by atoms with Gasteiger partial charge >= 0.3 is 0 Å². The summed E-state index contributed by atoms with van der Waals surface area (Å²) in [5, 5.41) is 7.59. The average molecular weight is 222 g/mol. The van der Waals surface area contributed by atoms with Crippen LogP contribution in [0, 0.1) is 0 Å². The van der Waals surface area contributed by atoms with E-state index in [0.29, 0.717) is 6.04 Å². The highest BCUT2D eigenvalue weighted by Crippen LogP contribution is 2.10. The van der Waals surface area contributed by atoms with Crippen molar-refractivity contribution in [1.29, 1.82) is 0 Å². The molecule has 90 valence electrons. The van der Waals surface area contributed by atoms with Crippen LogP contribution in [0.25, 0.3) is 0 Å². The third-order valence-corrected chi connectivity index (χ3v) is 3.33. The van der Waals surface area contributed by atoms with Gasteiger partial charge in [0.2, 0.25) is 0 Å². The Morgan fingerprint density at radius 1 is 1.44 bits per heavy atom. The summed E-state index contributed by atoms with van der Waals surface area (Å²) in [4.78, 5) is 2.56. The number of nitrogens with zero attached hydrogens (tertiary/aromatic N) is 3. The molecule has 4 nitrogen and oxygen atoms in total. The Labute approximate surface area is 97.6 Å². The van der Waals surface area contributed by atoms with Gasteiger partial charge in [-0.3, -0.25) is 4.68 Å². The highest BCUT2D eigenvalue weighted by Gasteiger charge is 2.17. The maximum atomic E-state index is 4.22. The fraction of sp³-hybridized carbons (Fsp3) is 0.750. The zero-order valence-corrected chi connectivity index (χ0v) is 10.1. The molecule has 4 heteroatoms. The minimum atomic E-state index is 0.693. The molecule has 0 aromatic carbocycles. The molecule has 1 unspecified atom stereocenters. The lowest BCUT2D eigenvalue weighted by atomic mass is 10.1. The van der Waals surface area contributed by atoms with Crippen LogP contribution in [0.15, 0.2) is 18.5 Å². The van der Waals surface area contributed by atoms with E-state index in [2.05, 4.69) is 22.4 Å². The maximum absolute atomic E-state index is 4.22. The minimum Gasteiger partial charge on any atom is -0.316 e. The first-order valence-corrected chi connectivity index (χ1v) is 6.25. The molecule has 0 spiro atoms. The molecule has 2 rings (SSSR count). The van der Waals surface area contributed by atoms with Crippen LogP contribution in [0.3, 0.4) is 0 Å². The van der Waals surface area contributed by atoms with Crippen LogP contribution in [-0.4, -0.2) is 47.4 Å². The van der Waals surface area contributed by atoms with Gasteiger partial charge in [-0.25, -0.2) is 0 Å². The van der Waals surface area contributed by atoms with Crippen molar-refractivity contribution in [1.82, 2.24) is 20.0 Å². The fourth-order valence-electron chi connectivity index (χ4n) is 2.38.